The van der Waals surface area contributed by atoms with Gasteiger partial charge in [0, 0.05) is 30.0 Å². The summed E-state index contributed by atoms with van der Waals surface area (Å²) in [6.07, 6.45) is 1.50. The minimum atomic E-state index is -3.82. The highest BCUT2D eigenvalue weighted by molar-refractivity contribution is 7.91. The Morgan fingerprint density at radius 3 is 2.41 bits per heavy atom. The van der Waals surface area contributed by atoms with Gasteiger partial charge >= 0.3 is 0 Å². The lowest BCUT2D eigenvalue weighted by molar-refractivity contribution is 0.101. The molecule has 27 heavy (non-hydrogen) atoms. The zero-order valence-corrected chi connectivity index (χ0v) is 16.1. The SMILES string of the molecule is COc1cc(NC(=O)c2ccnn2C)cc(S(=O)(=O)c2ccc(Cl)cc2)c1. The number of ether oxygens (including phenoxy) is 1. The van der Waals surface area contributed by atoms with E-state index in [2.05, 4.69) is 10.4 Å². The van der Waals surface area contributed by atoms with Crippen LogP contribution in [0.3, 0.4) is 0 Å². The predicted molar refractivity (Wildman–Crippen MR) is 101 cm³/mol. The van der Waals surface area contributed by atoms with Gasteiger partial charge in [0.1, 0.15) is 11.4 Å². The van der Waals surface area contributed by atoms with Gasteiger partial charge in [-0.25, -0.2) is 8.42 Å². The van der Waals surface area contributed by atoms with E-state index >= 15 is 0 Å². The number of rotatable bonds is 5. The van der Waals surface area contributed by atoms with Crippen LogP contribution in [0.25, 0.3) is 0 Å². The first-order valence-electron chi connectivity index (χ1n) is 7.80. The standard InChI is InChI=1S/C18H16ClN3O4S/c1-22-17(7-8-20-22)18(23)21-13-9-14(26-2)11-16(10-13)27(24,25)15-5-3-12(19)4-6-15/h3-11H,1-2H3,(H,21,23). The van der Waals surface area contributed by atoms with E-state index in [0.29, 0.717) is 16.5 Å². The molecule has 2 aromatic carbocycles. The molecule has 0 fully saturated rings. The third-order valence-electron chi connectivity index (χ3n) is 3.86. The van der Waals surface area contributed by atoms with Crippen molar-refractivity contribution in [1.29, 1.82) is 0 Å². The largest absolute Gasteiger partial charge is 0.497 e. The Kier molecular flexibility index (Phi) is 5.20. The summed E-state index contributed by atoms with van der Waals surface area (Å²) in [4.78, 5) is 12.5. The van der Waals surface area contributed by atoms with E-state index in [1.165, 1.54) is 60.5 Å². The van der Waals surface area contributed by atoms with Gasteiger partial charge in [-0.2, -0.15) is 5.10 Å². The topological polar surface area (TPSA) is 90.3 Å². The second-order valence-electron chi connectivity index (χ2n) is 5.65. The number of anilines is 1. The highest BCUT2D eigenvalue weighted by Gasteiger charge is 2.20. The van der Waals surface area contributed by atoms with E-state index in [9.17, 15) is 13.2 Å². The zero-order chi connectivity index (χ0) is 19.6. The first kappa shape index (κ1) is 18.9. The van der Waals surface area contributed by atoms with Gasteiger partial charge in [-0.1, -0.05) is 11.6 Å². The summed E-state index contributed by atoms with van der Waals surface area (Å²) in [6, 6.07) is 11.7. The molecule has 9 heteroatoms. The molecule has 0 atom stereocenters. The van der Waals surface area contributed by atoms with Crippen molar-refractivity contribution in [3.8, 4) is 5.75 Å². The van der Waals surface area contributed by atoms with Gasteiger partial charge in [0.2, 0.25) is 9.84 Å². The van der Waals surface area contributed by atoms with Gasteiger partial charge in [0.05, 0.1) is 16.9 Å². The van der Waals surface area contributed by atoms with Crippen molar-refractivity contribution in [3.05, 3.63) is 65.4 Å². The summed E-state index contributed by atoms with van der Waals surface area (Å²) < 4.78 is 32.4. The molecule has 0 saturated heterocycles. The average Bonchev–Trinajstić information content (AvgIpc) is 3.08. The number of aryl methyl sites for hydroxylation is 1. The number of benzene rings is 2. The fraction of sp³-hybridized carbons (Fsp3) is 0.111. The molecule has 1 N–H and O–H groups in total. The van der Waals surface area contributed by atoms with Crippen molar-refractivity contribution < 1.29 is 17.9 Å². The van der Waals surface area contributed by atoms with E-state index in [1.54, 1.807) is 13.1 Å². The van der Waals surface area contributed by atoms with Gasteiger partial charge in [0.25, 0.3) is 5.91 Å². The van der Waals surface area contributed by atoms with E-state index in [4.69, 9.17) is 16.3 Å². The quantitative estimate of drug-likeness (QED) is 0.704. The van der Waals surface area contributed by atoms with Crippen LogP contribution in [0.4, 0.5) is 5.69 Å². The van der Waals surface area contributed by atoms with Crippen LogP contribution in [0.2, 0.25) is 5.02 Å². The lowest BCUT2D eigenvalue weighted by Crippen LogP contribution is -2.16. The molecule has 3 rings (SSSR count). The number of nitrogens with zero attached hydrogens (tertiary/aromatic N) is 2. The van der Waals surface area contributed by atoms with E-state index < -0.39 is 15.7 Å². The fourth-order valence-corrected chi connectivity index (χ4v) is 3.90. The van der Waals surface area contributed by atoms with Gasteiger partial charge in [-0.15, -0.1) is 0 Å². The molecule has 0 aliphatic carbocycles. The number of halogens is 1. The Labute approximate surface area is 161 Å². The Balaban J connectivity index is 1.99. The number of amides is 1. The lowest BCUT2D eigenvalue weighted by atomic mass is 10.3. The Morgan fingerprint density at radius 1 is 1.11 bits per heavy atom. The summed E-state index contributed by atoms with van der Waals surface area (Å²) in [6.45, 7) is 0. The summed E-state index contributed by atoms with van der Waals surface area (Å²) >= 11 is 5.83. The van der Waals surface area contributed by atoms with Gasteiger partial charge < -0.3 is 10.1 Å². The van der Waals surface area contributed by atoms with Crippen molar-refractivity contribution in [2.24, 2.45) is 7.05 Å². The normalized spacial score (nSPS) is 11.2. The van der Waals surface area contributed by atoms with E-state index in [-0.39, 0.29) is 15.5 Å². The summed E-state index contributed by atoms with van der Waals surface area (Å²) in [5.41, 5.74) is 0.619. The maximum Gasteiger partial charge on any atom is 0.273 e. The Hall–Kier alpha value is -2.84. The predicted octanol–water partition coefficient (Wildman–Crippen LogP) is 3.17. The second-order valence-corrected chi connectivity index (χ2v) is 8.03. The second kappa shape index (κ2) is 7.42. The zero-order valence-electron chi connectivity index (χ0n) is 14.5. The van der Waals surface area contributed by atoms with Crippen LogP contribution in [0, 0.1) is 0 Å². The van der Waals surface area contributed by atoms with Crippen molar-refractivity contribution in [3.63, 3.8) is 0 Å². The average molecular weight is 406 g/mol. The molecule has 0 aliphatic rings. The molecule has 3 aromatic rings. The highest BCUT2D eigenvalue weighted by Crippen LogP contribution is 2.29. The first-order chi connectivity index (χ1) is 12.8. The van der Waals surface area contributed by atoms with Crippen LogP contribution in [0.5, 0.6) is 5.75 Å². The van der Waals surface area contributed by atoms with Crippen molar-refractivity contribution in [1.82, 2.24) is 9.78 Å². The lowest BCUT2D eigenvalue weighted by Gasteiger charge is -2.11. The highest BCUT2D eigenvalue weighted by atomic mass is 35.5. The number of nitrogens with one attached hydrogen (secondary N) is 1. The minimum absolute atomic E-state index is 0.00974. The monoisotopic (exact) mass is 405 g/mol. The molecular weight excluding hydrogens is 390 g/mol. The molecule has 0 unspecified atom stereocenters. The number of carbonyl (C=O) groups excluding carboxylic acids is 1. The van der Waals surface area contributed by atoms with Crippen LogP contribution < -0.4 is 10.1 Å². The molecule has 0 bridgehead atoms. The van der Waals surface area contributed by atoms with Crippen LogP contribution in [-0.2, 0) is 16.9 Å². The Bertz CT molecular complexity index is 1090. The molecular formula is C18H16ClN3O4S. The molecule has 1 heterocycles. The van der Waals surface area contributed by atoms with Crippen molar-refractivity contribution in [2.45, 2.75) is 9.79 Å². The fourth-order valence-electron chi connectivity index (χ4n) is 2.46. The van der Waals surface area contributed by atoms with Gasteiger partial charge in [0.15, 0.2) is 0 Å². The van der Waals surface area contributed by atoms with Crippen LogP contribution in [0.15, 0.2) is 64.5 Å². The number of sulfone groups is 1. The molecule has 0 saturated carbocycles. The van der Waals surface area contributed by atoms with Crippen LogP contribution in [-0.4, -0.2) is 31.2 Å². The summed E-state index contributed by atoms with van der Waals surface area (Å²) in [5, 5.41) is 7.04. The molecule has 1 amide bonds. The third kappa shape index (κ3) is 3.96. The summed E-state index contributed by atoms with van der Waals surface area (Å²) in [7, 11) is -0.763. The van der Waals surface area contributed by atoms with E-state index in [1.807, 2.05) is 0 Å². The minimum Gasteiger partial charge on any atom is -0.497 e. The smallest absolute Gasteiger partial charge is 0.273 e. The molecule has 140 valence electrons. The maximum absolute atomic E-state index is 12.9. The molecule has 0 spiro atoms. The van der Waals surface area contributed by atoms with Gasteiger partial charge in [-0.3, -0.25) is 9.48 Å². The van der Waals surface area contributed by atoms with E-state index in [0.717, 1.165) is 0 Å². The Morgan fingerprint density at radius 2 is 1.81 bits per heavy atom. The van der Waals surface area contributed by atoms with Crippen molar-refractivity contribution in [2.75, 3.05) is 12.4 Å². The molecule has 1 aromatic heterocycles. The number of hydrogen-bond donors (Lipinski definition) is 1. The molecule has 7 nitrogen and oxygen atoms in total. The van der Waals surface area contributed by atoms with Gasteiger partial charge in [-0.05, 0) is 42.5 Å². The van der Waals surface area contributed by atoms with Crippen molar-refractivity contribution >= 4 is 33.0 Å². The van der Waals surface area contributed by atoms with Crippen LogP contribution in [0.1, 0.15) is 10.5 Å². The maximum atomic E-state index is 12.9. The third-order valence-corrected chi connectivity index (χ3v) is 5.86. The van der Waals surface area contributed by atoms with Crippen LogP contribution >= 0.6 is 11.6 Å². The summed E-state index contributed by atoms with van der Waals surface area (Å²) in [5.74, 6) is -0.122. The number of methoxy groups -OCH3 is 1. The molecule has 0 radical (unpaired) electrons. The number of carbonyl (C=O) groups is 1. The molecule has 0 aliphatic heterocycles. The number of aromatic nitrogens is 2. The number of hydrogen-bond acceptors (Lipinski definition) is 5. The first-order valence-corrected chi connectivity index (χ1v) is 9.66.